The first-order valence-electron chi connectivity index (χ1n) is 11.1. The van der Waals surface area contributed by atoms with Gasteiger partial charge in [0.25, 0.3) is 0 Å². The number of benzene rings is 1. The van der Waals surface area contributed by atoms with Gasteiger partial charge in [0.15, 0.2) is 11.5 Å². The van der Waals surface area contributed by atoms with Gasteiger partial charge in [-0.25, -0.2) is 8.42 Å². The second-order valence-corrected chi connectivity index (χ2v) is 11.6. The van der Waals surface area contributed by atoms with E-state index in [1.807, 2.05) is 11.4 Å². The molecule has 2 aromatic rings. The minimum Gasteiger partial charge on any atom is -0.486 e. The van der Waals surface area contributed by atoms with Crippen LogP contribution in [0.4, 0.5) is 0 Å². The summed E-state index contributed by atoms with van der Waals surface area (Å²) in [4.78, 5) is 14.3. The Hall–Kier alpha value is -2.10. The Kier molecular flexibility index (Phi) is 7.07. The van der Waals surface area contributed by atoms with Crippen LogP contribution in [0.3, 0.4) is 0 Å². The highest BCUT2D eigenvalue weighted by Gasteiger charge is 2.33. The highest BCUT2D eigenvalue weighted by molar-refractivity contribution is 7.89. The summed E-state index contributed by atoms with van der Waals surface area (Å²) in [6.45, 7) is 5.80. The third kappa shape index (κ3) is 5.10. The minimum atomic E-state index is -3.65. The number of ether oxygens (including phenoxy) is 2. The first-order chi connectivity index (χ1) is 15.3. The number of piperidine rings is 1. The zero-order valence-electron chi connectivity index (χ0n) is 18.5. The second kappa shape index (κ2) is 9.80. The van der Waals surface area contributed by atoms with Gasteiger partial charge in [-0.1, -0.05) is 19.9 Å². The lowest BCUT2D eigenvalue weighted by atomic mass is 9.95. The van der Waals surface area contributed by atoms with E-state index in [9.17, 15) is 13.2 Å². The number of sulfonamides is 1. The van der Waals surface area contributed by atoms with Gasteiger partial charge in [-0.3, -0.25) is 4.79 Å². The van der Waals surface area contributed by atoms with Crippen molar-refractivity contribution in [1.82, 2.24) is 9.62 Å². The number of carbonyl (C=O) groups excluding carboxylic acids is 1. The van der Waals surface area contributed by atoms with E-state index in [0.717, 1.165) is 11.3 Å². The standard InChI is InChI=1S/C23H30N2O5S2/c1-16(2)14-19(22-4-3-13-31-22)24-23(26)17-7-9-25(10-8-17)32(27,28)18-5-6-20-21(15-18)30-12-11-29-20/h3-6,13,15-17,19H,7-12,14H2,1-2H3,(H,24,26)/t19-/m0/s1. The van der Waals surface area contributed by atoms with E-state index in [1.165, 1.54) is 10.4 Å². The Bertz CT molecular complexity index is 1030. The number of nitrogens with zero attached hydrogens (tertiary/aromatic N) is 1. The Balaban J connectivity index is 1.38. The quantitative estimate of drug-likeness (QED) is 0.654. The van der Waals surface area contributed by atoms with Gasteiger partial charge in [0.1, 0.15) is 13.2 Å². The molecule has 0 spiro atoms. The van der Waals surface area contributed by atoms with Gasteiger partial charge in [0.05, 0.1) is 10.9 Å². The summed E-state index contributed by atoms with van der Waals surface area (Å²) in [5, 5.41) is 5.24. The molecule has 1 aromatic heterocycles. The van der Waals surface area contributed by atoms with E-state index >= 15 is 0 Å². The Morgan fingerprint density at radius 1 is 1.16 bits per heavy atom. The van der Waals surface area contributed by atoms with Crippen LogP contribution in [-0.2, 0) is 14.8 Å². The number of hydrogen-bond acceptors (Lipinski definition) is 6. The highest BCUT2D eigenvalue weighted by atomic mass is 32.2. The predicted molar refractivity (Wildman–Crippen MR) is 124 cm³/mol. The number of carbonyl (C=O) groups is 1. The van der Waals surface area contributed by atoms with E-state index in [0.29, 0.717) is 56.6 Å². The number of nitrogens with one attached hydrogen (secondary N) is 1. The maximum Gasteiger partial charge on any atom is 0.243 e. The molecule has 1 saturated heterocycles. The largest absolute Gasteiger partial charge is 0.486 e. The van der Waals surface area contributed by atoms with Gasteiger partial charge < -0.3 is 14.8 Å². The van der Waals surface area contributed by atoms with Crippen LogP contribution in [-0.4, -0.2) is 44.9 Å². The van der Waals surface area contributed by atoms with Crippen molar-refractivity contribution in [3.8, 4) is 11.5 Å². The predicted octanol–water partition coefficient (Wildman–Crippen LogP) is 3.82. The van der Waals surface area contributed by atoms with E-state index in [-0.39, 0.29) is 22.8 Å². The fraction of sp³-hybridized carbons (Fsp3) is 0.522. The molecule has 0 radical (unpaired) electrons. The normalized spacial score (nSPS) is 18.5. The smallest absolute Gasteiger partial charge is 0.243 e. The highest BCUT2D eigenvalue weighted by Crippen LogP contribution is 2.34. The molecular formula is C23H30N2O5S2. The van der Waals surface area contributed by atoms with Crippen molar-refractivity contribution in [1.29, 1.82) is 0 Å². The summed E-state index contributed by atoms with van der Waals surface area (Å²) in [7, 11) is -3.65. The van der Waals surface area contributed by atoms with Gasteiger partial charge in [-0.05, 0) is 48.8 Å². The summed E-state index contributed by atoms with van der Waals surface area (Å²) in [5.41, 5.74) is 0. The molecule has 4 rings (SSSR count). The van der Waals surface area contributed by atoms with Crippen LogP contribution in [0, 0.1) is 11.8 Å². The molecule has 2 aliphatic heterocycles. The van der Waals surface area contributed by atoms with Gasteiger partial charge in [0, 0.05) is 30.0 Å². The van der Waals surface area contributed by atoms with E-state index in [4.69, 9.17) is 9.47 Å². The second-order valence-electron chi connectivity index (χ2n) is 8.69. The Labute approximate surface area is 193 Å². The lowest BCUT2D eigenvalue weighted by Gasteiger charge is -2.32. The first-order valence-corrected chi connectivity index (χ1v) is 13.4. The molecule has 3 heterocycles. The SMILES string of the molecule is CC(C)C[C@H](NC(=O)C1CCN(S(=O)(=O)c2ccc3c(c2)OCCO3)CC1)c1cccs1. The lowest BCUT2D eigenvalue weighted by Crippen LogP contribution is -2.43. The fourth-order valence-electron chi connectivity index (χ4n) is 4.19. The molecule has 174 valence electrons. The molecule has 0 bridgehead atoms. The first kappa shape index (κ1) is 23.1. The molecular weight excluding hydrogens is 448 g/mol. The average molecular weight is 479 g/mol. The van der Waals surface area contributed by atoms with Crippen molar-refractivity contribution >= 4 is 27.3 Å². The van der Waals surface area contributed by atoms with Gasteiger partial charge >= 0.3 is 0 Å². The van der Waals surface area contributed by atoms with Gasteiger partial charge in [0.2, 0.25) is 15.9 Å². The molecule has 1 amide bonds. The molecule has 1 atom stereocenters. The van der Waals surface area contributed by atoms with Gasteiger partial charge in [-0.2, -0.15) is 4.31 Å². The van der Waals surface area contributed by atoms with Crippen LogP contribution in [0.15, 0.2) is 40.6 Å². The monoisotopic (exact) mass is 478 g/mol. The van der Waals surface area contributed by atoms with Crippen molar-refractivity contribution in [2.75, 3.05) is 26.3 Å². The van der Waals surface area contributed by atoms with E-state index < -0.39 is 10.0 Å². The summed E-state index contributed by atoms with van der Waals surface area (Å²) in [6, 6.07) is 8.78. The molecule has 0 saturated carbocycles. The third-order valence-electron chi connectivity index (χ3n) is 5.89. The van der Waals surface area contributed by atoms with Crippen molar-refractivity contribution in [3.05, 3.63) is 40.6 Å². The van der Waals surface area contributed by atoms with Crippen LogP contribution >= 0.6 is 11.3 Å². The Morgan fingerprint density at radius 3 is 2.53 bits per heavy atom. The topological polar surface area (TPSA) is 84.9 Å². The molecule has 7 nitrogen and oxygen atoms in total. The van der Waals surface area contributed by atoms with Crippen molar-refractivity contribution in [2.45, 2.75) is 44.0 Å². The maximum atomic E-state index is 13.1. The van der Waals surface area contributed by atoms with E-state index in [1.54, 1.807) is 23.5 Å². The molecule has 2 aliphatic rings. The van der Waals surface area contributed by atoms with Crippen molar-refractivity contribution in [3.63, 3.8) is 0 Å². The molecule has 9 heteroatoms. The van der Waals surface area contributed by atoms with Crippen molar-refractivity contribution < 1.29 is 22.7 Å². The summed E-state index contributed by atoms with van der Waals surface area (Å²) >= 11 is 1.65. The van der Waals surface area contributed by atoms with Crippen molar-refractivity contribution in [2.24, 2.45) is 11.8 Å². The minimum absolute atomic E-state index is 0.00183. The van der Waals surface area contributed by atoms with Gasteiger partial charge in [-0.15, -0.1) is 11.3 Å². The summed E-state index contributed by atoms with van der Waals surface area (Å²) < 4.78 is 38.7. The summed E-state index contributed by atoms with van der Waals surface area (Å²) in [5.74, 6) is 1.31. The van der Waals surface area contributed by atoms with Crippen LogP contribution in [0.1, 0.15) is 44.0 Å². The molecule has 0 unspecified atom stereocenters. The molecule has 1 aromatic carbocycles. The van der Waals surface area contributed by atoms with E-state index in [2.05, 4.69) is 25.2 Å². The molecule has 1 fully saturated rings. The average Bonchev–Trinajstić information content (AvgIpc) is 3.33. The fourth-order valence-corrected chi connectivity index (χ4v) is 6.46. The van der Waals surface area contributed by atoms with Crippen LogP contribution in [0.5, 0.6) is 11.5 Å². The number of thiophene rings is 1. The lowest BCUT2D eigenvalue weighted by molar-refractivity contribution is -0.127. The number of rotatable bonds is 7. The summed E-state index contributed by atoms with van der Waals surface area (Å²) in [6.07, 6.45) is 1.90. The van der Waals surface area contributed by atoms with Crippen LogP contribution < -0.4 is 14.8 Å². The molecule has 32 heavy (non-hydrogen) atoms. The Morgan fingerprint density at radius 2 is 1.88 bits per heavy atom. The number of fused-ring (bicyclic) bond motifs is 1. The third-order valence-corrected chi connectivity index (χ3v) is 8.77. The van der Waals surface area contributed by atoms with Crippen LogP contribution in [0.25, 0.3) is 0 Å². The molecule has 0 aliphatic carbocycles. The molecule has 1 N–H and O–H groups in total. The van der Waals surface area contributed by atoms with Crippen LogP contribution in [0.2, 0.25) is 0 Å². The maximum absolute atomic E-state index is 13.1. The zero-order chi connectivity index (χ0) is 22.7. The number of hydrogen-bond donors (Lipinski definition) is 1. The number of amides is 1. The zero-order valence-corrected chi connectivity index (χ0v) is 20.1.